The van der Waals surface area contributed by atoms with Crippen LogP contribution in [0.15, 0.2) is 66.7 Å². The Morgan fingerprint density at radius 3 is 2.39 bits per heavy atom. The molecule has 0 saturated heterocycles. The molecule has 146 valence electrons. The van der Waals surface area contributed by atoms with Gasteiger partial charge in [-0.2, -0.15) is 0 Å². The quantitative estimate of drug-likeness (QED) is 0.520. The van der Waals surface area contributed by atoms with Crippen LogP contribution >= 0.6 is 0 Å². The molecule has 0 aliphatic heterocycles. The maximum Gasteiger partial charge on any atom is 0.335 e. The van der Waals surface area contributed by atoms with Gasteiger partial charge in [-0.15, -0.1) is 0 Å². The molecule has 0 aliphatic carbocycles. The average molecular weight is 398 g/mol. The molecule has 1 unspecified atom stereocenters. The predicted molar refractivity (Wildman–Crippen MR) is 111 cm³/mol. The van der Waals surface area contributed by atoms with Gasteiger partial charge in [0.25, 0.3) is 0 Å². The summed E-state index contributed by atoms with van der Waals surface area (Å²) in [5, 5.41) is 11.0. The monoisotopic (exact) mass is 398 g/mol. The summed E-state index contributed by atoms with van der Waals surface area (Å²) in [5.74, 6) is 1.45. The molecule has 5 nitrogen and oxygen atoms in total. The van der Waals surface area contributed by atoms with Crippen molar-refractivity contribution >= 4 is 27.5 Å². The van der Waals surface area contributed by atoms with Crippen molar-refractivity contribution in [3.05, 3.63) is 72.3 Å². The predicted octanol–water partition coefficient (Wildman–Crippen LogP) is 4.13. The van der Waals surface area contributed by atoms with Gasteiger partial charge in [-0.25, -0.2) is 4.79 Å². The van der Waals surface area contributed by atoms with E-state index in [1.807, 2.05) is 42.5 Å². The fourth-order valence-electron chi connectivity index (χ4n) is 2.77. The smallest absolute Gasteiger partial charge is 0.335 e. The molecule has 0 aliphatic rings. The number of hydrogen-bond acceptors (Lipinski definition) is 4. The first-order valence-electron chi connectivity index (χ1n) is 9.05. The van der Waals surface area contributed by atoms with Crippen molar-refractivity contribution in [2.24, 2.45) is 0 Å². The topological polar surface area (TPSA) is 72.8 Å². The van der Waals surface area contributed by atoms with E-state index >= 15 is 0 Å². The van der Waals surface area contributed by atoms with Gasteiger partial charge >= 0.3 is 5.97 Å². The molecule has 3 aromatic carbocycles. The average Bonchev–Trinajstić information content (AvgIpc) is 2.72. The lowest BCUT2D eigenvalue weighted by Gasteiger charge is -2.09. The number of carbonyl (C=O) groups is 1. The number of carboxylic acids is 1. The van der Waals surface area contributed by atoms with E-state index < -0.39 is 16.8 Å². The number of hydrogen-bond donors (Lipinski definition) is 1. The van der Waals surface area contributed by atoms with Gasteiger partial charge in [-0.3, -0.25) is 4.21 Å². The fraction of sp³-hybridized carbons (Fsp3) is 0.227. The van der Waals surface area contributed by atoms with Crippen molar-refractivity contribution in [3.63, 3.8) is 0 Å². The lowest BCUT2D eigenvalue weighted by Crippen LogP contribution is -2.13. The van der Waals surface area contributed by atoms with Crippen LogP contribution in [-0.2, 0) is 10.8 Å². The highest BCUT2D eigenvalue weighted by molar-refractivity contribution is 7.84. The summed E-state index contributed by atoms with van der Waals surface area (Å²) in [6, 6.07) is 20.2. The second kappa shape index (κ2) is 9.90. The fourth-order valence-corrected chi connectivity index (χ4v) is 3.69. The van der Waals surface area contributed by atoms with Crippen molar-refractivity contribution in [3.8, 4) is 11.5 Å². The summed E-state index contributed by atoms with van der Waals surface area (Å²) >= 11 is 0. The minimum Gasteiger partial charge on any atom is -0.494 e. The van der Waals surface area contributed by atoms with Gasteiger partial charge in [0, 0.05) is 21.9 Å². The Hall–Kier alpha value is -2.86. The normalized spacial score (nSPS) is 11.9. The first kappa shape index (κ1) is 19.9. The molecule has 3 aromatic rings. The Morgan fingerprint density at radius 2 is 1.61 bits per heavy atom. The molecule has 0 heterocycles. The van der Waals surface area contributed by atoms with Crippen LogP contribution < -0.4 is 9.47 Å². The van der Waals surface area contributed by atoms with Crippen LogP contribution in [0.3, 0.4) is 0 Å². The van der Waals surface area contributed by atoms with Gasteiger partial charge in [0.1, 0.15) is 11.5 Å². The Morgan fingerprint density at radius 1 is 0.857 bits per heavy atom. The summed E-state index contributed by atoms with van der Waals surface area (Å²) in [6.07, 6.45) is 0.654. The summed E-state index contributed by atoms with van der Waals surface area (Å²) < 4.78 is 23.5. The van der Waals surface area contributed by atoms with Gasteiger partial charge in [-0.1, -0.05) is 36.4 Å². The third-order valence-electron chi connectivity index (χ3n) is 4.20. The lowest BCUT2D eigenvalue weighted by atomic mass is 10.1. The number of fused-ring (bicyclic) bond motifs is 1. The maximum atomic E-state index is 12.1. The van der Waals surface area contributed by atoms with Crippen LogP contribution in [0, 0.1) is 0 Å². The van der Waals surface area contributed by atoms with E-state index in [9.17, 15) is 9.00 Å². The van der Waals surface area contributed by atoms with Crippen LogP contribution in [0.1, 0.15) is 16.8 Å². The Kier molecular flexibility index (Phi) is 7.03. The molecule has 0 spiro atoms. The molecular weight excluding hydrogens is 376 g/mol. The first-order valence-corrected chi connectivity index (χ1v) is 10.5. The number of rotatable bonds is 10. The largest absolute Gasteiger partial charge is 0.494 e. The molecule has 0 bridgehead atoms. The Labute approximate surface area is 166 Å². The summed E-state index contributed by atoms with van der Waals surface area (Å²) in [7, 11) is -0.978. The molecule has 0 fully saturated rings. The lowest BCUT2D eigenvalue weighted by molar-refractivity contribution is 0.0697. The highest BCUT2D eigenvalue weighted by Crippen LogP contribution is 2.25. The third kappa shape index (κ3) is 5.57. The molecule has 1 atom stereocenters. The zero-order chi connectivity index (χ0) is 19.8. The molecule has 0 amide bonds. The van der Waals surface area contributed by atoms with Gasteiger partial charge in [0.15, 0.2) is 0 Å². The van der Waals surface area contributed by atoms with Gasteiger partial charge < -0.3 is 14.6 Å². The van der Waals surface area contributed by atoms with Crippen LogP contribution in [0.2, 0.25) is 0 Å². The second-order valence-electron chi connectivity index (χ2n) is 6.21. The highest BCUT2D eigenvalue weighted by atomic mass is 32.2. The molecule has 0 saturated carbocycles. The van der Waals surface area contributed by atoms with E-state index in [1.54, 1.807) is 12.1 Å². The second-order valence-corrected chi connectivity index (χ2v) is 7.90. The summed E-state index contributed by atoms with van der Waals surface area (Å²) in [5.41, 5.74) is 0.222. The number of carboxylic acid groups (broad SMARTS) is 1. The van der Waals surface area contributed by atoms with E-state index in [2.05, 4.69) is 0 Å². The zero-order valence-corrected chi connectivity index (χ0v) is 16.2. The van der Waals surface area contributed by atoms with Crippen LogP contribution in [0.5, 0.6) is 11.5 Å². The van der Waals surface area contributed by atoms with Crippen LogP contribution in [0.25, 0.3) is 10.8 Å². The van der Waals surface area contributed by atoms with Gasteiger partial charge in [0.05, 0.1) is 24.5 Å². The highest BCUT2D eigenvalue weighted by Gasteiger charge is 2.05. The van der Waals surface area contributed by atoms with E-state index in [-0.39, 0.29) is 5.56 Å². The van der Waals surface area contributed by atoms with Gasteiger partial charge in [-0.05, 0) is 42.1 Å². The molecule has 28 heavy (non-hydrogen) atoms. The van der Waals surface area contributed by atoms with E-state index in [0.717, 1.165) is 16.5 Å². The van der Waals surface area contributed by atoms with E-state index in [1.165, 1.54) is 12.1 Å². The van der Waals surface area contributed by atoms with Crippen molar-refractivity contribution in [1.82, 2.24) is 0 Å². The van der Waals surface area contributed by atoms with Crippen LogP contribution in [-0.4, -0.2) is 40.0 Å². The zero-order valence-electron chi connectivity index (χ0n) is 15.4. The summed E-state index contributed by atoms with van der Waals surface area (Å²) in [6.45, 7) is 0.834. The first-order chi connectivity index (χ1) is 13.6. The number of ether oxygens (including phenoxy) is 2. The molecule has 1 N–H and O–H groups in total. The van der Waals surface area contributed by atoms with Crippen molar-refractivity contribution in [2.75, 3.05) is 24.7 Å². The van der Waals surface area contributed by atoms with E-state index in [0.29, 0.717) is 36.9 Å². The van der Waals surface area contributed by atoms with Crippen molar-refractivity contribution in [2.45, 2.75) is 6.42 Å². The number of benzene rings is 3. The minimum atomic E-state index is -0.978. The van der Waals surface area contributed by atoms with Crippen LogP contribution in [0.4, 0.5) is 0 Å². The van der Waals surface area contributed by atoms with E-state index in [4.69, 9.17) is 14.6 Å². The van der Waals surface area contributed by atoms with Crippen molar-refractivity contribution < 1.29 is 23.6 Å². The molecular formula is C22H22O5S. The maximum absolute atomic E-state index is 12.1. The summed E-state index contributed by atoms with van der Waals surface area (Å²) in [4.78, 5) is 10.8. The standard InChI is InChI=1S/C22H22O5S/c23-22(24)18-9-11-19(12-10-18)26-13-4-15-28(25)16-14-27-21-8-3-6-17-5-1-2-7-20(17)21/h1-3,5-12H,4,13-16H2,(H,23,24). The Bertz CT molecular complexity index is 947. The molecule has 3 rings (SSSR count). The molecule has 0 radical (unpaired) electrons. The minimum absolute atomic E-state index is 0.222. The molecule has 6 heteroatoms. The van der Waals surface area contributed by atoms with Crippen molar-refractivity contribution in [1.29, 1.82) is 0 Å². The third-order valence-corrected chi connectivity index (χ3v) is 5.57. The van der Waals surface area contributed by atoms with Gasteiger partial charge in [0.2, 0.25) is 0 Å². The number of aromatic carboxylic acids is 1. The molecule has 0 aromatic heterocycles. The Balaban J connectivity index is 1.36. The SMILES string of the molecule is O=C(O)c1ccc(OCCCS(=O)CCOc2cccc3ccccc23)cc1.